The highest BCUT2D eigenvalue weighted by Crippen LogP contribution is 2.31. The summed E-state index contributed by atoms with van der Waals surface area (Å²) in [6.45, 7) is 9.16. The van der Waals surface area contributed by atoms with Gasteiger partial charge in [-0.05, 0) is 57.8 Å². The molecule has 0 bridgehead atoms. The van der Waals surface area contributed by atoms with Crippen LogP contribution in [0.2, 0.25) is 0 Å². The molecule has 37 heavy (non-hydrogen) atoms. The van der Waals surface area contributed by atoms with Crippen LogP contribution in [0.25, 0.3) is 20.9 Å². The zero-order valence-corrected chi connectivity index (χ0v) is 22.7. The third kappa shape index (κ3) is 8.29. The molecule has 2 fully saturated rings. The molecule has 0 N–H and O–H groups in total. The predicted octanol–water partition coefficient (Wildman–Crippen LogP) is 4.43. The number of ether oxygens (including phenoxy) is 4. The first kappa shape index (κ1) is 29.2. The van der Waals surface area contributed by atoms with Gasteiger partial charge in [0.25, 0.3) is 0 Å². The number of sulfonamides is 1. The van der Waals surface area contributed by atoms with Crippen molar-refractivity contribution in [3.05, 3.63) is 50.7 Å². The van der Waals surface area contributed by atoms with Crippen molar-refractivity contribution in [2.75, 3.05) is 26.2 Å². The molecule has 14 heteroatoms. The molecule has 0 amide bonds. The number of benzene rings is 1. The highest BCUT2D eigenvalue weighted by atomic mass is 32.2. The molecule has 4 atom stereocenters. The van der Waals surface area contributed by atoms with E-state index in [4.69, 9.17) is 30.0 Å². The molecule has 2 saturated heterocycles. The van der Waals surface area contributed by atoms with Crippen LogP contribution in [0, 0.1) is 6.92 Å². The van der Waals surface area contributed by atoms with E-state index in [1.165, 1.54) is 4.31 Å². The molecule has 0 saturated carbocycles. The summed E-state index contributed by atoms with van der Waals surface area (Å²) in [6, 6.07) is 6.66. The average molecular weight is 538 g/mol. The van der Waals surface area contributed by atoms with Gasteiger partial charge in [-0.15, -0.1) is 0 Å². The minimum absolute atomic E-state index is 0.0396. The summed E-state index contributed by atoms with van der Waals surface area (Å²) in [5.74, 6) is -1.98. The predicted molar refractivity (Wildman–Crippen MR) is 135 cm³/mol. The molecular weight excluding hydrogens is 502 g/mol. The fraction of sp³-hybridized carbons (Fsp3) is 0.739. The van der Waals surface area contributed by atoms with Crippen LogP contribution in [0.1, 0.15) is 46.1 Å². The smallest absolute Gasteiger partial charge is 0.243 e. The second kappa shape index (κ2) is 12.0. The molecular formula is C23H35N7O6S. The Labute approximate surface area is 217 Å². The Bertz CT molecular complexity index is 1080. The van der Waals surface area contributed by atoms with Gasteiger partial charge < -0.3 is 18.9 Å². The van der Waals surface area contributed by atoms with Gasteiger partial charge >= 0.3 is 0 Å². The van der Waals surface area contributed by atoms with Gasteiger partial charge in [0.05, 0.1) is 42.4 Å². The SMILES string of the molecule is Cc1ccc(S(=O)(=O)N(CC2C[C@@H](CN=[N+]=[N-])OC(C)(C)O2)C[C@H]2C[C@@H](CN=[N+]=[N-])OC(C)(C)O2)cc1. The van der Waals surface area contributed by atoms with Gasteiger partial charge in [0, 0.05) is 35.8 Å². The van der Waals surface area contributed by atoms with E-state index in [1.807, 2.05) is 6.92 Å². The van der Waals surface area contributed by atoms with Gasteiger partial charge in [0.1, 0.15) is 0 Å². The van der Waals surface area contributed by atoms with Crippen molar-refractivity contribution >= 4 is 10.0 Å². The fourth-order valence-electron chi connectivity index (χ4n) is 4.73. The lowest BCUT2D eigenvalue weighted by molar-refractivity contribution is -0.303. The van der Waals surface area contributed by atoms with Crippen molar-refractivity contribution in [2.24, 2.45) is 10.2 Å². The van der Waals surface area contributed by atoms with E-state index < -0.39 is 46.0 Å². The van der Waals surface area contributed by atoms with Crippen molar-refractivity contribution < 1.29 is 27.4 Å². The number of aryl methyl sites for hydroxylation is 1. The van der Waals surface area contributed by atoms with Gasteiger partial charge in [0.2, 0.25) is 10.0 Å². The van der Waals surface area contributed by atoms with Crippen LogP contribution in [0.3, 0.4) is 0 Å². The van der Waals surface area contributed by atoms with Gasteiger partial charge in [-0.1, -0.05) is 27.9 Å². The van der Waals surface area contributed by atoms with Crippen molar-refractivity contribution in [3.63, 3.8) is 0 Å². The molecule has 2 heterocycles. The van der Waals surface area contributed by atoms with E-state index in [1.54, 1.807) is 52.0 Å². The number of hydrogen-bond donors (Lipinski definition) is 0. The zero-order valence-electron chi connectivity index (χ0n) is 21.8. The molecule has 2 aliphatic rings. The quantitative estimate of drug-likeness (QED) is 0.243. The van der Waals surface area contributed by atoms with E-state index >= 15 is 0 Å². The fourth-order valence-corrected chi connectivity index (χ4v) is 6.23. The Morgan fingerprint density at radius 2 is 1.24 bits per heavy atom. The molecule has 204 valence electrons. The highest BCUT2D eigenvalue weighted by molar-refractivity contribution is 7.89. The first-order valence-corrected chi connectivity index (χ1v) is 13.6. The minimum atomic E-state index is -3.93. The van der Waals surface area contributed by atoms with E-state index in [9.17, 15) is 8.42 Å². The molecule has 0 aromatic heterocycles. The largest absolute Gasteiger partial charge is 0.347 e. The third-order valence-electron chi connectivity index (χ3n) is 6.02. The van der Waals surface area contributed by atoms with Crippen LogP contribution in [-0.4, -0.2) is 74.9 Å². The summed E-state index contributed by atoms with van der Waals surface area (Å²) >= 11 is 0. The van der Waals surface area contributed by atoms with E-state index in [0.717, 1.165) is 5.56 Å². The maximum Gasteiger partial charge on any atom is 0.243 e. The Morgan fingerprint density at radius 1 is 0.838 bits per heavy atom. The molecule has 2 aliphatic heterocycles. The lowest BCUT2D eigenvalue weighted by Crippen LogP contribution is -2.53. The Morgan fingerprint density at radius 3 is 1.65 bits per heavy atom. The average Bonchev–Trinajstić information content (AvgIpc) is 2.79. The van der Waals surface area contributed by atoms with Crippen LogP contribution in [-0.2, 0) is 29.0 Å². The molecule has 0 spiro atoms. The second-order valence-corrected chi connectivity index (χ2v) is 12.1. The van der Waals surface area contributed by atoms with Crippen molar-refractivity contribution in [1.82, 2.24) is 4.31 Å². The summed E-state index contributed by atoms with van der Waals surface area (Å²) in [5.41, 5.74) is 18.4. The molecule has 1 aromatic rings. The molecule has 1 unspecified atom stereocenters. The molecule has 3 rings (SSSR count). The van der Waals surface area contributed by atoms with Crippen LogP contribution in [0.4, 0.5) is 0 Å². The van der Waals surface area contributed by atoms with Crippen molar-refractivity contribution in [2.45, 2.75) is 88.3 Å². The second-order valence-electron chi connectivity index (χ2n) is 10.2. The minimum Gasteiger partial charge on any atom is -0.347 e. The van der Waals surface area contributed by atoms with Gasteiger partial charge in [-0.2, -0.15) is 4.31 Å². The van der Waals surface area contributed by atoms with Gasteiger partial charge in [-0.25, -0.2) is 8.42 Å². The summed E-state index contributed by atoms with van der Waals surface area (Å²) in [7, 11) is -3.93. The summed E-state index contributed by atoms with van der Waals surface area (Å²) < 4.78 is 52.9. The number of rotatable bonds is 10. The van der Waals surface area contributed by atoms with Crippen LogP contribution in [0.15, 0.2) is 39.4 Å². The lowest BCUT2D eigenvalue weighted by Gasteiger charge is -2.44. The van der Waals surface area contributed by atoms with Crippen LogP contribution in [0.5, 0.6) is 0 Å². The summed E-state index contributed by atoms with van der Waals surface area (Å²) in [6.07, 6.45) is -1.17. The molecule has 13 nitrogen and oxygen atoms in total. The summed E-state index contributed by atoms with van der Waals surface area (Å²) in [5, 5.41) is 7.24. The molecule has 1 aromatic carbocycles. The standard InChI is InChI=1S/C23H35N7O6S/c1-16-6-8-21(9-7-16)37(31,32)30(14-19-10-17(12-26-28-24)33-22(2,3)35-19)15-20-11-18(13-27-29-25)34-23(4,5)36-20/h6-9,17-20H,10-15H2,1-5H3/t17-,18-,19+,20?/m0/s1. The Balaban J connectivity index is 1.89. The monoisotopic (exact) mass is 537 g/mol. The Kier molecular flexibility index (Phi) is 9.43. The normalized spacial score (nSPS) is 27.2. The van der Waals surface area contributed by atoms with Crippen LogP contribution < -0.4 is 0 Å². The van der Waals surface area contributed by atoms with Gasteiger partial charge in [0.15, 0.2) is 11.6 Å². The maximum absolute atomic E-state index is 13.8. The highest BCUT2D eigenvalue weighted by Gasteiger charge is 2.41. The van der Waals surface area contributed by atoms with E-state index in [2.05, 4.69) is 20.1 Å². The first-order valence-electron chi connectivity index (χ1n) is 12.1. The van der Waals surface area contributed by atoms with E-state index in [-0.39, 0.29) is 31.1 Å². The van der Waals surface area contributed by atoms with Crippen molar-refractivity contribution in [1.29, 1.82) is 0 Å². The van der Waals surface area contributed by atoms with Crippen LogP contribution >= 0.6 is 0 Å². The molecule has 0 aliphatic carbocycles. The number of hydrogen-bond acceptors (Lipinski definition) is 8. The number of azide groups is 2. The lowest BCUT2D eigenvalue weighted by atomic mass is 10.1. The Hall–Kier alpha value is -2.41. The molecule has 0 radical (unpaired) electrons. The van der Waals surface area contributed by atoms with Gasteiger partial charge in [-0.3, -0.25) is 0 Å². The third-order valence-corrected chi connectivity index (χ3v) is 7.87. The zero-order chi connectivity index (χ0) is 27.3. The number of nitrogens with zero attached hydrogens (tertiary/aromatic N) is 7. The van der Waals surface area contributed by atoms with E-state index in [0.29, 0.717) is 12.8 Å². The summed E-state index contributed by atoms with van der Waals surface area (Å²) in [4.78, 5) is 5.78. The maximum atomic E-state index is 13.8. The van der Waals surface area contributed by atoms with Crippen molar-refractivity contribution in [3.8, 4) is 0 Å². The first-order chi connectivity index (χ1) is 17.3. The topological polar surface area (TPSA) is 172 Å².